The van der Waals surface area contributed by atoms with E-state index >= 15 is 0 Å². The second-order valence-electron chi connectivity index (χ2n) is 4.22. The maximum Gasteiger partial charge on any atom is 0.163 e. The maximum atomic E-state index is 7.66. The Morgan fingerprint density at radius 1 is 1.22 bits per heavy atom. The van der Waals surface area contributed by atoms with Crippen LogP contribution in [0.25, 0.3) is 5.82 Å². The molecule has 0 bridgehead atoms. The SMILES string of the molecule is Cc1nn(-c2c(C(=N)N)c(C)nn2C)c(C)c1Cl. The zero-order valence-electron chi connectivity index (χ0n) is 10.7. The summed E-state index contributed by atoms with van der Waals surface area (Å²) < 4.78 is 3.33. The Morgan fingerprint density at radius 3 is 2.28 bits per heavy atom. The van der Waals surface area contributed by atoms with Crippen LogP contribution < -0.4 is 5.73 Å². The van der Waals surface area contributed by atoms with E-state index in [4.69, 9.17) is 22.7 Å². The summed E-state index contributed by atoms with van der Waals surface area (Å²) in [4.78, 5) is 0. The van der Waals surface area contributed by atoms with Gasteiger partial charge in [-0.15, -0.1) is 0 Å². The van der Waals surface area contributed by atoms with Crippen molar-refractivity contribution in [2.45, 2.75) is 20.8 Å². The number of nitrogen functional groups attached to an aromatic ring is 1. The Balaban J connectivity index is 2.78. The van der Waals surface area contributed by atoms with E-state index in [2.05, 4.69) is 10.2 Å². The van der Waals surface area contributed by atoms with Crippen molar-refractivity contribution in [3.63, 3.8) is 0 Å². The predicted octanol–water partition coefficient (Wildman–Crippen LogP) is 1.47. The molecule has 0 saturated carbocycles. The molecule has 0 saturated heterocycles. The number of nitrogens with zero attached hydrogens (tertiary/aromatic N) is 4. The van der Waals surface area contributed by atoms with E-state index in [1.54, 1.807) is 16.4 Å². The molecule has 0 spiro atoms. The van der Waals surface area contributed by atoms with Crippen LogP contribution >= 0.6 is 11.6 Å². The van der Waals surface area contributed by atoms with Crippen molar-refractivity contribution in [3.8, 4) is 5.82 Å². The van der Waals surface area contributed by atoms with E-state index in [1.165, 1.54) is 0 Å². The first kappa shape index (κ1) is 12.6. The molecule has 0 aliphatic heterocycles. The first-order chi connectivity index (χ1) is 8.34. The van der Waals surface area contributed by atoms with E-state index in [1.807, 2.05) is 20.8 Å². The van der Waals surface area contributed by atoms with E-state index in [-0.39, 0.29) is 5.84 Å². The summed E-state index contributed by atoms with van der Waals surface area (Å²) in [6.45, 7) is 5.52. The van der Waals surface area contributed by atoms with Gasteiger partial charge in [0.05, 0.1) is 27.7 Å². The van der Waals surface area contributed by atoms with Gasteiger partial charge in [0.25, 0.3) is 0 Å². The standard InChI is InChI=1S/C11H15ClN6/c1-5-8(10(13)14)11(17(4)15-5)18-7(3)9(12)6(2)16-18/h1-4H3,(H3,13,14). The van der Waals surface area contributed by atoms with E-state index in [9.17, 15) is 0 Å². The number of aromatic nitrogens is 4. The van der Waals surface area contributed by atoms with Crippen LogP contribution in [0, 0.1) is 26.2 Å². The number of hydrogen-bond acceptors (Lipinski definition) is 3. The van der Waals surface area contributed by atoms with Gasteiger partial charge in [0.1, 0.15) is 5.84 Å². The Bertz CT molecular complexity index is 636. The zero-order valence-corrected chi connectivity index (χ0v) is 11.5. The van der Waals surface area contributed by atoms with Crippen LogP contribution in [0.5, 0.6) is 0 Å². The predicted molar refractivity (Wildman–Crippen MR) is 70.6 cm³/mol. The average molecular weight is 267 g/mol. The van der Waals surface area contributed by atoms with Gasteiger partial charge in [-0.05, 0) is 20.8 Å². The van der Waals surface area contributed by atoms with Crippen LogP contribution in [0.1, 0.15) is 22.6 Å². The third-order valence-corrected chi connectivity index (χ3v) is 3.41. The first-order valence-corrected chi connectivity index (χ1v) is 5.82. The summed E-state index contributed by atoms with van der Waals surface area (Å²) >= 11 is 6.14. The number of nitrogens with one attached hydrogen (secondary N) is 1. The lowest BCUT2D eigenvalue weighted by Gasteiger charge is -2.07. The van der Waals surface area contributed by atoms with Gasteiger partial charge in [0.2, 0.25) is 0 Å². The molecule has 0 amide bonds. The Morgan fingerprint density at radius 2 is 1.83 bits per heavy atom. The maximum absolute atomic E-state index is 7.66. The molecule has 0 fully saturated rings. The van der Waals surface area contributed by atoms with Crippen LogP contribution in [0.4, 0.5) is 0 Å². The average Bonchev–Trinajstić information content (AvgIpc) is 2.70. The smallest absolute Gasteiger partial charge is 0.163 e. The summed E-state index contributed by atoms with van der Waals surface area (Å²) in [6.07, 6.45) is 0. The van der Waals surface area contributed by atoms with Crippen molar-refractivity contribution in [1.82, 2.24) is 19.6 Å². The molecule has 96 valence electrons. The molecule has 0 radical (unpaired) electrons. The molecule has 2 aromatic heterocycles. The molecule has 0 aromatic carbocycles. The molecule has 3 N–H and O–H groups in total. The summed E-state index contributed by atoms with van der Waals surface area (Å²) in [5.74, 6) is 0.631. The van der Waals surface area contributed by atoms with Crippen molar-refractivity contribution in [3.05, 3.63) is 27.7 Å². The second kappa shape index (κ2) is 4.13. The van der Waals surface area contributed by atoms with Crippen molar-refractivity contribution < 1.29 is 0 Å². The van der Waals surface area contributed by atoms with Gasteiger partial charge in [0, 0.05) is 7.05 Å². The number of rotatable bonds is 2. The van der Waals surface area contributed by atoms with Gasteiger partial charge in [-0.1, -0.05) is 11.6 Å². The van der Waals surface area contributed by atoms with Crippen LogP contribution in [0.15, 0.2) is 0 Å². The van der Waals surface area contributed by atoms with E-state index in [0.717, 1.165) is 11.4 Å². The quantitative estimate of drug-likeness (QED) is 0.637. The molecule has 18 heavy (non-hydrogen) atoms. The molecule has 0 unspecified atom stereocenters. The lowest BCUT2D eigenvalue weighted by Crippen LogP contribution is -2.17. The molecular formula is C11H15ClN6. The van der Waals surface area contributed by atoms with Crippen LogP contribution in [-0.4, -0.2) is 25.4 Å². The second-order valence-corrected chi connectivity index (χ2v) is 4.60. The van der Waals surface area contributed by atoms with Gasteiger partial charge < -0.3 is 5.73 Å². The summed E-state index contributed by atoms with van der Waals surface area (Å²) in [7, 11) is 1.79. The highest BCUT2D eigenvalue weighted by Crippen LogP contribution is 2.25. The van der Waals surface area contributed by atoms with Crippen LogP contribution in [0.2, 0.25) is 5.02 Å². The highest BCUT2D eigenvalue weighted by atomic mass is 35.5. The zero-order chi connectivity index (χ0) is 13.6. The van der Waals surface area contributed by atoms with E-state index in [0.29, 0.717) is 22.1 Å². The van der Waals surface area contributed by atoms with Crippen LogP contribution in [-0.2, 0) is 7.05 Å². The van der Waals surface area contributed by atoms with Crippen molar-refractivity contribution in [2.75, 3.05) is 0 Å². The van der Waals surface area contributed by atoms with Gasteiger partial charge in [-0.2, -0.15) is 10.2 Å². The third-order valence-electron chi connectivity index (χ3n) is 2.86. The fourth-order valence-corrected chi connectivity index (χ4v) is 2.15. The number of amidine groups is 1. The molecule has 6 nitrogen and oxygen atoms in total. The first-order valence-electron chi connectivity index (χ1n) is 5.44. The third kappa shape index (κ3) is 1.69. The largest absolute Gasteiger partial charge is 0.384 e. The summed E-state index contributed by atoms with van der Waals surface area (Å²) in [5, 5.41) is 16.9. The normalized spacial score (nSPS) is 10.9. The molecule has 2 rings (SSSR count). The minimum absolute atomic E-state index is 0.0284. The highest BCUT2D eigenvalue weighted by Gasteiger charge is 2.21. The Hall–Kier alpha value is -1.82. The van der Waals surface area contributed by atoms with Gasteiger partial charge in [0.15, 0.2) is 5.82 Å². The molecule has 0 aliphatic rings. The fourth-order valence-electron chi connectivity index (χ4n) is 2.03. The summed E-state index contributed by atoms with van der Waals surface area (Å²) in [6, 6.07) is 0. The number of halogens is 1. The molecule has 0 aliphatic carbocycles. The van der Waals surface area contributed by atoms with Crippen molar-refractivity contribution in [1.29, 1.82) is 5.41 Å². The van der Waals surface area contributed by atoms with Crippen molar-refractivity contribution in [2.24, 2.45) is 12.8 Å². The monoisotopic (exact) mass is 266 g/mol. The highest BCUT2D eigenvalue weighted by molar-refractivity contribution is 6.31. The minimum atomic E-state index is -0.0284. The van der Waals surface area contributed by atoms with Gasteiger partial charge in [-0.25, -0.2) is 4.68 Å². The van der Waals surface area contributed by atoms with Gasteiger partial charge >= 0.3 is 0 Å². The van der Waals surface area contributed by atoms with Crippen molar-refractivity contribution >= 4 is 17.4 Å². The molecular weight excluding hydrogens is 252 g/mol. The molecule has 7 heteroatoms. The lowest BCUT2D eigenvalue weighted by molar-refractivity contribution is 0.682. The Kier molecular flexibility index (Phi) is 2.90. The minimum Gasteiger partial charge on any atom is -0.384 e. The molecule has 2 heterocycles. The fraction of sp³-hybridized carbons (Fsp3) is 0.364. The number of hydrogen-bond donors (Lipinski definition) is 2. The molecule has 0 atom stereocenters. The number of nitrogens with two attached hydrogens (primary N) is 1. The van der Waals surface area contributed by atoms with Gasteiger partial charge in [-0.3, -0.25) is 10.1 Å². The Labute approximate surface area is 110 Å². The van der Waals surface area contributed by atoms with Crippen LogP contribution in [0.3, 0.4) is 0 Å². The topological polar surface area (TPSA) is 85.5 Å². The molecule has 2 aromatic rings. The lowest BCUT2D eigenvalue weighted by atomic mass is 10.2. The van der Waals surface area contributed by atoms with E-state index < -0.39 is 0 Å². The summed E-state index contributed by atoms with van der Waals surface area (Å²) in [5.41, 5.74) is 8.44. The number of aryl methyl sites for hydroxylation is 3.